The third kappa shape index (κ3) is 5.91. The first-order valence-corrected chi connectivity index (χ1v) is 13.3. The molecule has 1 atom stereocenters. The van der Waals surface area contributed by atoms with Crippen LogP contribution in [0.5, 0.6) is 5.75 Å². The first kappa shape index (κ1) is 26.6. The molecule has 0 aliphatic carbocycles. The minimum Gasteiger partial charge on any atom is -0.482 e. The molecule has 0 spiro atoms. The molecular formula is C27H25BrN2O6S. The molecule has 3 aromatic rings. The van der Waals surface area contributed by atoms with Gasteiger partial charge in [-0.05, 0) is 62.2 Å². The number of thiazole rings is 1. The molecule has 0 saturated carbocycles. The van der Waals surface area contributed by atoms with E-state index >= 15 is 0 Å². The number of esters is 2. The zero-order valence-corrected chi connectivity index (χ0v) is 22.9. The molecule has 0 unspecified atom stereocenters. The number of ether oxygens (including phenoxy) is 3. The van der Waals surface area contributed by atoms with Crippen LogP contribution in [0.1, 0.15) is 37.9 Å². The van der Waals surface area contributed by atoms with Crippen LogP contribution in [0.2, 0.25) is 0 Å². The lowest BCUT2D eigenvalue weighted by Gasteiger charge is -2.24. The Kier molecular flexibility index (Phi) is 8.40. The van der Waals surface area contributed by atoms with Crippen molar-refractivity contribution in [2.75, 3.05) is 19.8 Å². The molecule has 0 saturated heterocycles. The number of aromatic nitrogens is 1. The molecule has 2 aromatic carbocycles. The van der Waals surface area contributed by atoms with E-state index in [0.29, 0.717) is 33.0 Å². The van der Waals surface area contributed by atoms with Crippen LogP contribution in [-0.4, -0.2) is 36.3 Å². The molecule has 0 radical (unpaired) electrons. The minimum absolute atomic E-state index is 0.177. The van der Waals surface area contributed by atoms with Crippen molar-refractivity contribution < 1.29 is 23.8 Å². The predicted molar refractivity (Wildman–Crippen MR) is 143 cm³/mol. The molecule has 10 heteroatoms. The predicted octanol–water partition coefficient (Wildman–Crippen LogP) is 3.50. The Hall–Kier alpha value is -3.50. The van der Waals surface area contributed by atoms with Gasteiger partial charge in [0, 0.05) is 4.47 Å². The van der Waals surface area contributed by atoms with E-state index in [1.54, 1.807) is 55.7 Å². The second-order valence-corrected chi connectivity index (χ2v) is 9.94. The molecule has 0 N–H and O–H groups in total. The number of fused-ring (bicyclic) bond motifs is 1. The maximum atomic E-state index is 13.6. The van der Waals surface area contributed by atoms with Crippen molar-refractivity contribution in [3.05, 3.63) is 95.1 Å². The fourth-order valence-corrected chi connectivity index (χ4v) is 5.40. The summed E-state index contributed by atoms with van der Waals surface area (Å²) in [6.07, 6.45) is 1.76. The first-order chi connectivity index (χ1) is 17.8. The van der Waals surface area contributed by atoms with E-state index in [1.807, 2.05) is 24.3 Å². The number of hydrogen-bond acceptors (Lipinski definition) is 8. The summed E-state index contributed by atoms with van der Waals surface area (Å²) in [5, 5.41) is 0. The van der Waals surface area contributed by atoms with Gasteiger partial charge in [0.1, 0.15) is 5.75 Å². The highest BCUT2D eigenvalue weighted by molar-refractivity contribution is 9.10. The van der Waals surface area contributed by atoms with Crippen LogP contribution in [0, 0.1) is 0 Å². The molecule has 2 heterocycles. The van der Waals surface area contributed by atoms with Gasteiger partial charge >= 0.3 is 11.9 Å². The van der Waals surface area contributed by atoms with Crippen molar-refractivity contribution in [1.82, 2.24) is 4.57 Å². The fourth-order valence-electron chi connectivity index (χ4n) is 3.94. The van der Waals surface area contributed by atoms with E-state index in [4.69, 9.17) is 14.2 Å². The smallest absolute Gasteiger partial charge is 0.344 e. The Bertz CT molecular complexity index is 1540. The monoisotopic (exact) mass is 584 g/mol. The minimum atomic E-state index is -0.673. The Morgan fingerprint density at radius 1 is 1.11 bits per heavy atom. The van der Waals surface area contributed by atoms with Gasteiger partial charge in [-0.15, -0.1) is 0 Å². The topological polar surface area (TPSA) is 96.2 Å². The van der Waals surface area contributed by atoms with Crippen LogP contribution in [0.3, 0.4) is 0 Å². The second kappa shape index (κ2) is 11.7. The third-order valence-electron chi connectivity index (χ3n) is 5.52. The van der Waals surface area contributed by atoms with Gasteiger partial charge in [0.2, 0.25) is 0 Å². The maximum absolute atomic E-state index is 13.6. The molecular weight excluding hydrogens is 560 g/mol. The van der Waals surface area contributed by atoms with Crippen LogP contribution in [0.15, 0.2) is 74.1 Å². The molecule has 0 amide bonds. The van der Waals surface area contributed by atoms with Crippen LogP contribution in [0.25, 0.3) is 6.08 Å². The van der Waals surface area contributed by atoms with E-state index in [2.05, 4.69) is 20.9 Å². The highest BCUT2D eigenvalue weighted by atomic mass is 79.9. The van der Waals surface area contributed by atoms with Crippen molar-refractivity contribution in [3.63, 3.8) is 0 Å². The van der Waals surface area contributed by atoms with Crippen molar-refractivity contribution in [2.24, 2.45) is 4.99 Å². The van der Waals surface area contributed by atoms with Gasteiger partial charge < -0.3 is 14.2 Å². The van der Waals surface area contributed by atoms with Crippen LogP contribution in [-0.2, 0) is 19.1 Å². The van der Waals surface area contributed by atoms with E-state index in [9.17, 15) is 14.4 Å². The highest BCUT2D eigenvalue weighted by Crippen LogP contribution is 2.31. The summed E-state index contributed by atoms with van der Waals surface area (Å²) in [6, 6.07) is 13.8. The number of rotatable bonds is 8. The molecule has 37 heavy (non-hydrogen) atoms. The van der Waals surface area contributed by atoms with E-state index in [1.165, 1.54) is 11.3 Å². The standard InChI is InChI=1S/C27H25BrN2O6S/c1-4-34-22(31)15-36-20-11-9-17(10-12-20)13-21-25(32)30-24(18-7-6-8-19(28)14-18)23(26(33)35-5-2)16(3)29-27(30)37-21/h6-14,24H,4-5,15H2,1-3H3/b21-13-/t24-/m0/s1. The van der Waals surface area contributed by atoms with Gasteiger partial charge in [-0.3, -0.25) is 9.36 Å². The molecule has 0 bridgehead atoms. The van der Waals surface area contributed by atoms with Crippen LogP contribution < -0.4 is 19.6 Å². The summed E-state index contributed by atoms with van der Waals surface area (Å²) in [5.74, 6) is -0.428. The average Bonchev–Trinajstić information content (AvgIpc) is 3.17. The summed E-state index contributed by atoms with van der Waals surface area (Å²) < 4.78 is 18.5. The number of allylic oxidation sites excluding steroid dienone is 1. The van der Waals surface area contributed by atoms with Crippen molar-refractivity contribution in [3.8, 4) is 5.75 Å². The normalized spacial score (nSPS) is 15.1. The number of hydrogen-bond donors (Lipinski definition) is 0. The van der Waals surface area contributed by atoms with E-state index < -0.39 is 18.0 Å². The average molecular weight is 585 g/mol. The number of carbonyl (C=O) groups is 2. The van der Waals surface area contributed by atoms with E-state index in [-0.39, 0.29) is 18.8 Å². The molecule has 0 fully saturated rings. The third-order valence-corrected chi connectivity index (χ3v) is 7.00. The Balaban J connectivity index is 1.74. The van der Waals surface area contributed by atoms with Gasteiger partial charge in [-0.1, -0.05) is 51.5 Å². The van der Waals surface area contributed by atoms with Gasteiger partial charge in [0.15, 0.2) is 11.4 Å². The number of nitrogens with zero attached hydrogens (tertiary/aromatic N) is 2. The molecule has 4 rings (SSSR count). The molecule has 192 valence electrons. The first-order valence-electron chi connectivity index (χ1n) is 11.7. The summed E-state index contributed by atoms with van der Waals surface area (Å²) in [6.45, 7) is 5.56. The summed E-state index contributed by atoms with van der Waals surface area (Å²) >= 11 is 4.74. The summed E-state index contributed by atoms with van der Waals surface area (Å²) in [7, 11) is 0. The number of carbonyl (C=O) groups excluding carboxylic acids is 2. The van der Waals surface area contributed by atoms with Gasteiger partial charge in [-0.25, -0.2) is 14.6 Å². The zero-order valence-electron chi connectivity index (χ0n) is 20.5. The van der Waals surface area contributed by atoms with E-state index in [0.717, 1.165) is 15.6 Å². The SMILES string of the molecule is CCOC(=O)COc1ccc(/C=c2\sc3n(c2=O)[C@@H](c2cccc(Br)c2)C(C(=O)OCC)=C(C)N=3)cc1. The second-order valence-electron chi connectivity index (χ2n) is 8.02. The number of benzene rings is 2. The largest absolute Gasteiger partial charge is 0.482 e. The fraction of sp³-hybridized carbons (Fsp3) is 0.259. The lowest BCUT2D eigenvalue weighted by Crippen LogP contribution is -2.39. The molecule has 8 nitrogen and oxygen atoms in total. The number of halogens is 1. The van der Waals surface area contributed by atoms with Crippen LogP contribution >= 0.6 is 27.3 Å². The van der Waals surface area contributed by atoms with Crippen molar-refractivity contribution in [2.45, 2.75) is 26.8 Å². The molecule has 1 aromatic heterocycles. The zero-order chi connectivity index (χ0) is 26.5. The van der Waals surface area contributed by atoms with Gasteiger partial charge in [0.25, 0.3) is 5.56 Å². The van der Waals surface area contributed by atoms with Crippen molar-refractivity contribution in [1.29, 1.82) is 0 Å². The molecule has 1 aliphatic heterocycles. The Morgan fingerprint density at radius 2 is 1.84 bits per heavy atom. The van der Waals surface area contributed by atoms with Gasteiger partial charge in [-0.2, -0.15) is 0 Å². The lowest BCUT2D eigenvalue weighted by molar-refractivity contribution is -0.145. The quantitative estimate of drug-likeness (QED) is 0.376. The summed E-state index contributed by atoms with van der Waals surface area (Å²) in [4.78, 5) is 43.2. The molecule has 1 aliphatic rings. The Labute approximate surface area is 225 Å². The highest BCUT2D eigenvalue weighted by Gasteiger charge is 2.33. The Morgan fingerprint density at radius 3 is 2.51 bits per heavy atom. The lowest BCUT2D eigenvalue weighted by atomic mass is 9.96. The van der Waals surface area contributed by atoms with Crippen LogP contribution in [0.4, 0.5) is 0 Å². The van der Waals surface area contributed by atoms with Gasteiger partial charge in [0.05, 0.1) is 35.1 Å². The summed E-state index contributed by atoms with van der Waals surface area (Å²) in [5.41, 5.74) is 2.13. The maximum Gasteiger partial charge on any atom is 0.344 e. The van der Waals surface area contributed by atoms with Crippen molar-refractivity contribution >= 4 is 45.3 Å².